The van der Waals surface area contributed by atoms with Gasteiger partial charge in [-0.2, -0.15) is 0 Å². The van der Waals surface area contributed by atoms with E-state index in [9.17, 15) is 10.1 Å². The number of aromatic nitrogens is 1. The molecule has 1 aromatic carbocycles. The van der Waals surface area contributed by atoms with Gasteiger partial charge in [-0.1, -0.05) is 12.1 Å². The fraction of sp³-hybridized carbons (Fsp3) is 0.250. The number of anilines is 1. The van der Waals surface area contributed by atoms with Crippen LogP contribution in [0.3, 0.4) is 0 Å². The molecule has 2 rings (SSSR count). The highest BCUT2D eigenvalue weighted by Crippen LogP contribution is 2.22. The molecule has 0 atom stereocenters. The van der Waals surface area contributed by atoms with Crippen molar-refractivity contribution in [3.8, 4) is 0 Å². The van der Waals surface area contributed by atoms with Crippen LogP contribution in [0.15, 0.2) is 23.6 Å². The van der Waals surface area contributed by atoms with Crippen LogP contribution in [0.25, 0.3) is 0 Å². The van der Waals surface area contributed by atoms with Gasteiger partial charge in [-0.3, -0.25) is 10.1 Å². The van der Waals surface area contributed by atoms with Crippen LogP contribution in [-0.2, 0) is 6.54 Å². The van der Waals surface area contributed by atoms with E-state index in [1.807, 2.05) is 18.4 Å². The third-order valence-electron chi connectivity index (χ3n) is 2.66. The second-order valence-corrected chi connectivity index (χ2v) is 4.82. The molecule has 0 bridgehead atoms. The summed E-state index contributed by atoms with van der Waals surface area (Å²) in [4.78, 5) is 14.8. The second-order valence-electron chi connectivity index (χ2n) is 3.97. The third kappa shape index (κ3) is 2.65. The Balaban J connectivity index is 2.14. The molecule has 0 unspecified atom stereocenters. The summed E-state index contributed by atoms with van der Waals surface area (Å²) >= 11 is 1.53. The van der Waals surface area contributed by atoms with E-state index in [0.717, 1.165) is 16.4 Å². The molecule has 6 heteroatoms. The Morgan fingerprint density at radius 1 is 1.44 bits per heavy atom. The molecule has 1 heterocycles. The Bertz CT molecular complexity index is 580. The van der Waals surface area contributed by atoms with Gasteiger partial charge in [0.05, 0.1) is 10.6 Å². The molecule has 0 aliphatic heterocycles. The Morgan fingerprint density at radius 3 is 2.83 bits per heavy atom. The maximum atomic E-state index is 10.8. The third-order valence-corrected chi connectivity index (χ3v) is 3.58. The van der Waals surface area contributed by atoms with Crippen LogP contribution in [0.1, 0.15) is 16.8 Å². The molecule has 5 nitrogen and oxygen atoms in total. The van der Waals surface area contributed by atoms with Gasteiger partial charge in [0.1, 0.15) is 0 Å². The van der Waals surface area contributed by atoms with Crippen LogP contribution >= 0.6 is 11.3 Å². The van der Waals surface area contributed by atoms with E-state index in [0.29, 0.717) is 12.1 Å². The van der Waals surface area contributed by atoms with Gasteiger partial charge < -0.3 is 5.32 Å². The van der Waals surface area contributed by atoms with Crippen molar-refractivity contribution in [2.75, 3.05) is 5.32 Å². The minimum absolute atomic E-state index is 0.157. The number of rotatable bonds is 4. The Labute approximate surface area is 109 Å². The van der Waals surface area contributed by atoms with Crippen LogP contribution in [0.4, 0.5) is 10.8 Å². The van der Waals surface area contributed by atoms with Crippen LogP contribution in [0.2, 0.25) is 0 Å². The van der Waals surface area contributed by atoms with Crippen LogP contribution in [-0.4, -0.2) is 9.91 Å². The van der Waals surface area contributed by atoms with E-state index in [-0.39, 0.29) is 10.6 Å². The lowest BCUT2D eigenvalue weighted by Crippen LogP contribution is -2.03. The Kier molecular flexibility index (Phi) is 3.57. The average Bonchev–Trinajstić information content (AvgIpc) is 2.73. The molecule has 1 aromatic heterocycles. The molecule has 18 heavy (non-hydrogen) atoms. The first-order valence-electron chi connectivity index (χ1n) is 5.47. The van der Waals surface area contributed by atoms with Gasteiger partial charge in [-0.15, -0.1) is 11.3 Å². The van der Waals surface area contributed by atoms with Crippen molar-refractivity contribution in [1.29, 1.82) is 0 Å². The molecule has 0 aliphatic carbocycles. The second kappa shape index (κ2) is 5.14. The molecule has 1 N–H and O–H groups in total. The predicted octanol–water partition coefficient (Wildman–Crippen LogP) is 3.28. The number of thiazole rings is 1. The number of aryl methyl sites for hydroxylation is 1. The number of nitrogens with one attached hydrogen (secondary N) is 1. The van der Waals surface area contributed by atoms with Crippen molar-refractivity contribution < 1.29 is 4.92 Å². The SMILES string of the molecule is Cc1csc(NCc2cccc([N+](=O)[O-])c2C)n1. The van der Waals surface area contributed by atoms with Crippen LogP contribution in [0.5, 0.6) is 0 Å². The van der Waals surface area contributed by atoms with E-state index < -0.39 is 0 Å². The lowest BCUT2D eigenvalue weighted by atomic mass is 10.1. The molecular formula is C12H13N3O2S. The number of hydrogen-bond acceptors (Lipinski definition) is 5. The molecule has 0 fully saturated rings. The van der Waals surface area contributed by atoms with Crippen LogP contribution in [0, 0.1) is 24.0 Å². The summed E-state index contributed by atoms with van der Waals surface area (Å²) in [6.45, 7) is 4.24. The van der Waals surface area contributed by atoms with Gasteiger partial charge in [-0.25, -0.2) is 4.98 Å². The number of nitrogens with zero attached hydrogens (tertiary/aromatic N) is 2. The Morgan fingerprint density at radius 2 is 2.22 bits per heavy atom. The smallest absolute Gasteiger partial charge is 0.272 e. The molecular weight excluding hydrogens is 250 g/mol. The summed E-state index contributed by atoms with van der Waals surface area (Å²) in [5.74, 6) is 0. The van der Waals surface area contributed by atoms with E-state index in [4.69, 9.17) is 0 Å². The van der Waals surface area contributed by atoms with Crippen molar-refractivity contribution in [2.45, 2.75) is 20.4 Å². The van der Waals surface area contributed by atoms with Crippen molar-refractivity contribution in [3.63, 3.8) is 0 Å². The number of hydrogen-bond donors (Lipinski definition) is 1. The largest absolute Gasteiger partial charge is 0.357 e. The quantitative estimate of drug-likeness (QED) is 0.679. The Hall–Kier alpha value is -1.95. The fourth-order valence-corrected chi connectivity index (χ4v) is 2.35. The minimum Gasteiger partial charge on any atom is -0.357 e. The van der Waals surface area contributed by atoms with Crippen molar-refractivity contribution in [2.24, 2.45) is 0 Å². The van der Waals surface area contributed by atoms with Gasteiger partial charge >= 0.3 is 0 Å². The highest BCUT2D eigenvalue weighted by Gasteiger charge is 2.12. The van der Waals surface area contributed by atoms with E-state index in [2.05, 4.69) is 10.3 Å². The fourth-order valence-electron chi connectivity index (χ4n) is 1.67. The van der Waals surface area contributed by atoms with Gasteiger partial charge in [-0.05, 0) is 19.4 Å². The zero-order chi connectivity index (χ0) is 13.1. The molecule has 0 aliphatic rings. The lowest BCUT2D eigenvalue weighted by molar-refractivity contribution is -0.385. The average molecular weight is 263 g/mol. The van der Waals surface area contributed by atoms with Crippen LogP contribution < -0.4 is 5.32 Å². The van der Waals surface area contributed by atoms with E-state index in [1.165, 1.54) is 17.4 Å². The van der Waals surface area contributed by atoms with Crippen molar-refractivity contribution in [1.82, 2.24) is 4.98 Å². The van der Waals surface area contributed by atoms with Gasteiger partial charge in [0.2, 0.25) is 0 Å². The number of nitro groups is 1. The first-order valence-corrected chi connectivity index (χ1v) is 6.35. The topological polar surface area (TPSA) is 68.1 Å². The summed E-state index contributed by atoms with van der Waals surface area (Å²) in [7, 11) is 0. The first-order chi connectivity index (χ1) is 8.58. The summed E-state index contributed by atoms with van der Waals surface area (Å²) in [5.41, 5.74) is 2.74. The van der Waals surface area contributed by atoms with E-state index >= 15 is 0 Å². The minimum atomic E-state index is -0.355. The summed E-state index contributed by atoms with van der Waals surface area (Å²) in [6.07, 6.45) is 0. The molecule has 0 amide bonds. The first kappa shape index (κ1) is 12.5. The normalized spacial score (nSPS) is 10.3. The number of benzene rings is 1. The maximum absolute atomic E-state index is 10.8. The predicted molar refractivity (Wildman–Crippen MR) is 72.0 cm³/mol. The van der Waals surface area contributed by atoms with Crippen molar-refractivity contribution >= 4 is 22.2 Å². The molecule has 2 aromatic rings. The summed E-state index contributed by atoms with van der Waals surface area (Å²) < 4.78 is 0. The molecule has 0 saturated heterocycles. The maximum Gasteiger partial charge on any atom is 0.272 e. The molecule has 0 radical (unpaired) electrons. The van der Waals surface area contributed by atoms with Gasteiger partial charge in [0.25, 0.3) is 5.69 Å². The van der Waals surface area contributed by atoms with E-state index in [1.54, 1.807) is 13.0 Å². The molecule has 0 spiro atoms. The summed E-state index contributed by atoms with van der Waals surface area (Å²) in [6, 6.07) is 5.11. The zero-order valence-electron chi connectivity index (χ0n) is 10.1. The number of nitro benzene ring substituents is 1. The van der Waals surface area contributed by atoms with Gasteiger partial charge in [0.15, 0.2) is 5.13 Å². The standard InChI is InChI=1S/C12H13N3O2S/c1-8-7-18-12(14-8)13-6-10-4-3-5-11(9(10)2)15(16)17/h3-5,7H,6H2,1-2H3,(H,13,14). The molecule has 94 valence electrons. The lowest BCUT2D eigenvalue weighted by Gasteiger charge is -2.06. The summed E-state index contributed by atoms with van der Waals surface area (Å²) in [5, 5.41) is 16.8. The van der Waals surface area contributed by atoms with Gasteiger partial charge in [0, 0.05) is 23.6 Å². The highest BCUT2D eigenvalue weighted by atomic mass is 32.1. The molecule has 0 saturated carbocycles. The highest BCUT2D eigenvalue weighted by molar-refractivity contribution is 7.13. The zero-order valence-corrected chi connectivity index (χ0v) is 11.0. The monoisotopic (exact) mass is 263 g/mol. The van der Waals surface area contributed by atoms with Crippen molar-refractivity contribution in [3.05, 3.63) is 50.5 Å².